The van der Waals surface area contributed by atoms with Gasteiger partial charge in [-0.25, -0.2) is 0 Å². The largest absolute Gasteiger partial charge is 0.401 e. The number of nitrogens with zero attached hydrogens (tertiary/aromatic N) is 4. The van der Waals surface area contributed by atoms with Gasteiger partial charge in [0.2, 0.25) is 0 Å². The number of likely N-dealkylation sites (tertiary alicyclic amines) is 1. The third-order valence-corrected chi connectivity index (χ3v) is 7.76. The summed E-state index contributed by atoms with van der Waals surface area (Å²) >= 11 is 0. The fourth-order valence-electron chi connectivity index (χ4n) is 5.81. The molecule has 0 unspecified atom stereocenters. The van der Waals surface area contributed by atoms with Gasteiger partial charge in [0.1, 0.15) is 0 Å². The number of rotatable bonds is 7. The molecule has 9 heteroatoms. The van der Waals surface area contributed by atoms with Crippen LogP contribution in [-0.2, 0) is 11.8 Å². The fraction of sp³-hybridized carbons (Fsp3) is 0.536. The third kappa shape index (κ3) is 5.81. The van der Waals surface area contributed by atoms with E-state index < -0.39 is 12.7 Å². The van der Waals surface area contributed by atoms with Crippen molar-refractivity contribution >= 4 is 28.2 Å². The maximum Gasteiger partial charge on any atom is 0.401 e. The van der Waals surface area contributed by atoms with Crippen LogP contribution in [0.3, 0.4) is 0 Å². The van der Waals surface area contributed by atoms with E-state index in [1.165, 1.54) is 4.90 Å². The Bertz CT molecular complexity index is 1280. The molecule has 0 bridgehead atoms. The number of piperidine rings is 1. The standard InChI is InChI=1S/C28H35F3N4O2/c1-17-12-18(2)21(26(37)13-17)6-7-25(36)22-14-24(23-15-32-34(5)27(23)19(22)3)33(4)20-8-10-35(11-9-20)16-28(29,30)31/h12,14-15,20H,6-11,13,16H2,1-5H3. The molecule has 1 aromatic carbocycles. The number of alkyl halides is 3. The minimum absolute atomic E-state index is 0.0328. The summed E-state index contributed by atoms with van der Waals surface area (Å²) in [5.41, 5.74) is 5.85. The van der Waals surface area contributed by atoms with Gasteiger partial charge in [-0.1, -0.05) is 11.6 Å². The zero-order valence-electron chi connectivity index (χ0n) is 22.2. The van der Waals surface area contributed by atoms with Gasteiger partial charge in [0, 0.05) is 62.7 Å². The number of allylic oxidation sites excluding steroid dienone is 4. The molecule has 37 heavy (non-hydrogen) atoms. The summed E-state index contributed by atoms with van der Waals surface area (Å²) in [6.07, 6.45) is 1.84. The molecule has 6 nitrogen and oxygen atoms in total. The van der Waals surface area contributed by atoms with Crippen LogP contribution < -0.4 is 4.90 Å². The lowest BCUT2D eigenvalue weighted by atomic mass is 9.88. The van der Waals surface area contributed by atoms with Gasteiger partial charge in [-0.2, -0.15) is 18.3 Å². The zero-order chi connectivity index (χ0) is 27.1. The van der Waals surface area contributed by atoms with E-state index in [-0.39, 0.29) is 24.0 Å². The fourth-order valence-corrected chi connectivity index (χ4v) is 5.81. The number of halogens is 3. The highest BCUT2D eigenvalue weighted by atomic mass is 19.4. The minimum Gasteiger partial charge on any atom is -0.371 e. The van der Waals surface area contributed by atoms with Gasteiger partial charge in [0.25, 0.3) is 0 Å². The molecule has 1 aromatic heterocycles. The van der Waals surface area contributed by atoms with Crippen molar-refractivity contribution in [3.8, 4) is 0 Å². The predicted molar refractivity (Wildman–Crippen MR) is 139 cm³/mol. The lowest BCUT2D eigenvalue weighted by Crippen LogP contribution is -2.46. The van der Waals surface area contributed by atoms with Crippen molar-refractivity contribution in [3.05, 3.63) is 46.2 Å². The number of aromatic nitrogens is 2. The molecular formula is C28H35F3N4O2. The second-order valence-electron chi connectivity index (χ2n) is 10.5. The lowest BCUT2D eigenvalue weighted by molar-refractivity contribution is -0.147. The van der Waals surface area contributed by atoms with Crippen LogP contribution >= 0.6 is 0 Å². The molecule has 200 valence electrons. The molecule has 2 aliphatic rings. The van der Waals surface area contributed by atoms with Crippen LogP contribution in [0, 0.1) is 6.92 Å². The molecule has 4 rings (SSSR count). The van der Waals surface area contributed by atoms with Crippen LogP contribution in [0.2, 0.25) is 0 Å². The molecule has 0 N–H and O–H groups in total. The molecule has 0 radical (unpaired) electrons. The van der Waals surface area contributed by atoms with Crippen molar-refractivity contribution in [1.29, 1.82) is 0 Å². The number of hydrogen-bond acceptors (Lipinski definition) is 5. The van der Waals surface area contributed by atoms with Crippen LogP contribution in [0.4, 0.5) is 18.9 Å². The highest BCUT2D eigenvalue weighted by molar-refractivity contribution is 6.07. The Morgan fingerprint density at radius 1 is 1.19 bits per heavy atom. The van der Waals surface area contributed by atoms with Crippen LogP contribution in [0.25, 0.3) is 10.9 Å². The Kier molecular flexibility index (Phi) is 7.65. The number of hydrogen-bond donors (Lipinski definition) is 0. The number of benzene rings is 1. The molecule has 0 saturated carbocycles. The van der Waals surface area contributed by atoms with E-state index in [4.69, 9.17) is 0 Å². The first-order chi connectivity index (χ1) is 17.4. The van der Waals surface area contributed by atoms with Crippen LogP contribution in [0.15, 0.2) is 35.1 Å². The number of carbonyl (C=O) groups excluding carboxylic acids is 2. The van der Waals surface area contributed by atoms with E-state index in [0.29, 0.717) is 44.3 Å². The van der Waals surface area contributed by atoms with Gasteiger partial charge in [0.05, 0.1) is 18.3 Å². The number of anilines is 1. The maximum atomic E-state index is 13.5. The number of fused-ring (bicyclic) bond motifs is 1. The molecule has 1 fully saturated rings. The van der Waals surface area contributed by atoms with E-state index in [9.17, 15) is 22.8 Å². The molecule has 1 saturated heterocycles. The second-order valence-corrected chi connectivity index (χ2v) is 10.5. The quantitative estimate of drug-likeness (QED) is 0.452. The smallest absolute Gasteiger partial charge is 0.371 e. The summed E-state index contributed by atoms with van der Waals surface area (Å²) in [6, 6.07) is 1.96. The summed E-state index contributed by atoms with van der Waals surface area (Å²) < 4.78 is 40.2. The lowest BCUT2D eigenvalue weighted by Gasteiger charge is -2.38. The maximum absolute atomic E-state index is 13.5. The monoisotopic (exact) mass is 516 g/mol. The number of carbonyl (C=O) groups is 2. The average Bonchev–Trinajstić information content (AvgIpc) is 3.19. The topological polar surface area (TPSA) is 58.4 Å². The average molecular weight is 517 g/mol. The Morgan fingerprint density at radius 3 is 2.49 bits per heavy atom. The molecule has 2 aromatic rings. The first-order valence-corrected chi connectivity index (χ1v) is 12.8. The van der Waals surface area contributed by atoms with Gasteiger partial charge in [0.15, 0.2) is 11.6 Å². The third-order valence-electron chi connectivity index (χ3n) is 7.76. The van der Waals surface area contributed by atoms with Gasteiger partial charge in [-0.15, -0.1) is 0 Å². The number of ketones is 2. The van der Waals surface area contributed by atoms with E-state index in [1.54, 1.807) is 10.9 Å². The molecule has 0 amide bonds. The highest BCUT2D eigenvalue weighted by Gasteiger charge is 2.34. The van der Waals surface area contributed by atoms with Gasteiger partial charge >= 0.3 is 6.18 Å². The second kappa shape index (κ2) is 10.4. The summed E-state index contributed by atoms with van der Waals surface area (Å²) in [5.74, 6) is 0.0519. The van der Waals surface area contributed by atoms with E-state index in [2.05, 4.69) is 10.00 Å². The van der Waals surface area contributed by atoms with Crippen molar-refractivity contribution in [2.24, 2.45) is 7.05 Å². The van der Waals surface area contributed by atoms with Gasteiger partial charge in [-0.3, -0.25) is 19.2 Å². The molecule has 2 heterocycles. The van der Waals surface area contributed by atoms with Crippen LogP contribution in [-0.4, -0.2) is 65.1 Å². The molecule has 1 aliphatic heterocycles. The first-order valence-electron chi connectivity index (χ1n) is 12.8. The summed E-state index contributed by atoms with van der Waals surface area (Å²) in [4.78, 5) is 29.6. The Labute approximate surface area is 215 Å². The van der Waals surface area contributed by atoms with Crippen molar-refractivity contribution < 1.29 is 22.8 Å². The molecule has 1 aliphatic carbocycles. The van der Waals surface area contributed by atoms with Gasteiger partial charge in [-0.05, 0) is 62.8 Å². The Morgan fingerprint density at radius 2 is 1.86 bits per heavy atom. The normalized spacial score (nSPS) is 18.1. The van der Waals surface area contributed by atoms with Crippen molar-refractivity contribution in [1.82, 2.24) is 14.7 Å². The van der Waals surface area contributed by atoms with Crippen molar-refractivity contribution in [2.45, 2.75) is 65.1 Å². The van der Waals surface area contributed by atoms with E-state index in [0.717, 1.165) is 38.9 Å². The number of Topliss-reactive ketones (excluding diaryl/α,β-unsaturated/α-hetero) is 2. The van der Waals surface area contributed by atoms with Crippen molar-refractivity contribution in [3.63, 3.8) is 0 Å². The van der Waals surface area contributed by atoms with Crippen LogP contribution in [0.1, 0.15) is 61.9 Å². The summed E-state index contributed by atoms with van der Waals surface area (Å²) in [5, 5.41) is 5.35. The van der Waals surface area contributed by atoms with Crippen LogP contribution in [0.5, 0.6) is 0 Å². The number of aryl methyl sites for hydroxylation is 2. The van der Waals surface area contributed by atoms with E-state index in [1.807, 2.05) is 47.0 Å². The molecule has 0 atom stereocenters. The Hall–Kier alpha value is -2.94. The summed E-state index contributed by atoms with van der Waals surface area (Å²) in [7, 11) is 3.78. The predicted octanol–water partition coefficient (Wildman–Crippen LogP) is 5.54. The Balaban J connectivity index is 1.58. The zero-order valence-corrected chi connectivity index (χ0v) is 22.2. The van der Waals surface area contributed by atoms with Gasteiger partial charge < -0.3 is 4.90 Å². The van der Waals surface area contributed by atoms with E-state index >= 15 is 0 Å². The molecule has 0 spiro atoms. The molecular weight excluding hydrogens is 481 g/mol. The summed E-state index contributed by atoms with van der Waals surface area (Å²) in [6.45, 7) is 5.64. The SMILES string of the molecule is CC1=CC(C)=C(CCC(=O)c2cc(N(C)C3CCN(CC(F)(F)F)CC3)c3cnn(C)c3c2C)C(=O)C1. The minimum atomic E-state index is -4.20. The van der Waals surface area contributed by atoms with Crippen molar-refractivity contribution in [2.75, 3.05) is 31.6 Å². The first kappa shape index (κ1) is 27.1. The highest BCUT2D eigenvalue weighted by Crippen LogP contribution is 2.35.